The number of rotatable bonds is 4. The molecule has 1 aliphatic heterocycles. The molecule has 7 nitrogen and oxygen atoms in total. The lowest BCUT2D eigenvalue weighted by Crippen LogP contribution is -2.51. The van der Waals surface area contributed by atoms with E-state index in [0.29, 0.717) is 36.7 Å². The Morgan fingerprint density at radius 1 is 1.44 bits per heavy atom. The number of nitrogens with one attached hydrogen (secondary N) is 2. The number of H-pyrrole nitrogens is 1. The summed E-state index contributed by atoms with van der Waals surface area (Å²) in [6, 6.07) is 10.0. The number of aromatic nitrogens is 3. The van der Waals surface area contributed by atoms with E-state index in [9.17, 15) is 10.1 Å². The Hall–Kier alpha value is -2.50. The topological polar surface area (TPSA) is 95.7 Å². The maximum absolute atomic E-state index is 12.5. The Labute approximate surface area is 150 Å². The van der Waals surface area contributed by atoms with Gasteiger partial charge in [-0.2, -0.15) is 10.4 Å². The number of nitriles is 1. The fourth-order valence-corrected chi connectivity index (χ4v) is 3.02. The van der Waals surface area contributed by atoms with Crippen LogP contribution in [-0.2, 0) is 16.1 Å². The molecule has 1 fully saturated rings. The maximum Gasteiger partial charge on any atom is 0.241 e. The van der Waals surface area contributed by atoms with Gasteiger partial charge in [-0.05, 0) is 19.1 Å². The number of amides is 1. The molecule has 1 aliphatic rings. The lowest BCUT2D eigenvalue weighted by molar-refractivity contribution is -0.123. The average Bonchev–Trinajstić information content (AvgIpc) is 2.97. The minimum atomic E-state index is -0.870. The van der Waals surface area contributed by atoms with Crippen molar-refractivity contribution in [2.45, 2.75) is 31.8 Å². The normalized spacial score (nSPS) is 16.2. The first-order valence-electron chi connectivity index (χ1n) is 8.05. The molecule has 0 spiro atoms. The highest BCUT2D eigenvalue weighted by Gasteiger charge is 2.34. The SMILES string of the molecule is Cc1ccc(-c2n[nH]c(=S)n2CC(=O)NC2(C#N)CCOCC2)cc1. The predicted molar refractivity (Wildman–Crippen MR) is 94.1 cm³/mol. The number of carbonyl (C=O) groups is 1. The molecular formula is C17H19N5O2S. The molecule has 1 aromatic heterocycles. The van der Waals surface area contributed by atoms with Crippen LogP contribution in [0, 0.1) is 23.0 Å². The summed E-state index contributed by atoms with van der Waals surface area (Å²) in [6.45, 7) is 2.94. The first kappa shape index (κ1) is 17.3. The molecule has 0 aliphatic carbocycles. The fraction of sp³-hybridized carbons (Fsp3) is 0.412. The van der Waals surface area contributed by atoms with Crippen molar-refractivity contribution in [2.24, 2.45) is 0 Å². The summed E-state index contributed by atoms with van der Waals surface area (Å²) >= 11 is 5.26. The number of nitrogens with zero attached hydrogens (tertiary/aromatic N) is 3. The number of carbonyl (C=O) groups excluding carboxylic acids is 1. The Morgan fingerprint density at radius 2 is 2.12 bits per heavy atom. The summed E-state index contributed by atoms with van der Waals surface area (Å²) in [6.07, 6.45) is 0.966. The number of hydrogen-bond acceptors (Lipinski definition) is 5. The molecule has 0 atom stereocenters. The summed E-state index contributed by atoms with van der Waals surface area (Å²) in [4.78, 5) is 12.5. The second-order valence-electron chi connectivity index (χ2n) is 6.16. The number of aromatic amines is 1. The zero-order valence-corrected chi connectivity index (χ0v) is 14.7. The summed E-state index contributed by atoms with van der Waals surface area (Å²) in [7, 11) is 0. The molecule has 25 heavy (non-hydrogen) atoms. The molecule has 130 valence electrons. The predicted octanol–water partition coefficient (Wildman–Crippen LogP) is 2.11. The van der Waals surface area contributed by atoms with Gasteiger partial charge in [0.1, 0.15) is 12.1 Å². The van der Waals surface area contributed by atoms with E-state index in [4.69, 9.17) is 17.0 Å². The molecule has 0 saturated carbocycles. The van der Waals surface area contributed by atoms with Gasteiger partial charge in [0, 0.05) is 31.6 Å². The first-order valence-corrected chi connectivity index (χ1v) is 8.46. The Morgan fingerprint density at radius 3 is 2.76 bits per heavy atom. The number of benzene rings is 1. The standard InChI is InChI=1S/C17H19N5O2S/c1-12-2-4-13(5-3-12)15-20-21-16(25)22(15)10-14(23)19-17(11-18)6-8-24-9-7-17/h2-5H,6-10H2,1H3,(H,19,23)(H,21,25). The van der Waals surface area contributed by atoms with Crippen LogP contribution in [0.3, 0.4) is 0 Å². The maximum atomic E-state index is 12.5. The highest BCUT2D eigenvalue weighted by molar-refractivity contribution is 7.71. The van der Waals surface area contributed by atoms with E-state index in [0.717, 1.165) is 11.1 Å². The summed E-state index contributed by atoms with van der Waals surface area (Å²) in [5.41, 5.74) is 1.13. The van der Waals surface area contributed by atoms with Gasteiger partial charge in [-0.15, -0.1) is 0 Å². The van der Waals surface area contributed by atoms with Gasteiger partial charge in [-0.3, -0.25) is 14.5 Å². The van der Waals surface area contributed by atoms with E-state index in [2.05, 4.69) is 21.6 Å². The minimum absolute atomic E-state index is 0.00281. The molecule has 3 rings (SSSR count). The van der Waals surface area contributed by atoms with Gasteiger partial charge in [-0.1, -0.05) is 29.8 Å². The molecule has 0 bridgehead atoms. The lowest BCUT2D eigenvalue weighted by Gasteiger charge is -2.31. The lowest BCUT2D eigenvalue weighted by atomic mass is 9.92. The molecule has 2 aromatic rings. The van der Waals surface area contributed by atoms with Gasteiger partial charge in [0.2, 0.25) is 5.91 Å². The van der Waals surface area contributed by atoms with Crippen LogP contribution in [0.1, 0.15) is 18.4 Å². The third-order valence-corrected chi connectivity index (χ3v) is 4.62. The van der Waals surface area contributed by atoms with Crippen molar-refractivity contribution < 1.29 is 9.53 Å². The van der Waals surface area contributed by atoms with Gasteiger partial charge >= 0.3 is 0 Å². The monoisotopic (exact) mass is 357 g/mol. The van der Waals surface area contributed by atoms with E-state index in [-0.39, 0.29) is 12.5 Å². The third kappa shape index (κ3) is 3.78. The van der Waals surface area contributed by atoms with Gasteiger partial charge < -0.3 is 10.1 Å². The molecule has 1 amide bonds. The largest absolute Gasteiger partial charge is 0.381 e. The second-order valence-corrected chi connectivity index (χ2v) is 6.55. The Balaban J connectivity index is 1.80. The number of hydrogen-bond donors (Lipinski definition) is 2. The van der Waals surface area contributed by atoms with E-state index in [1.165, 1.54) is 0 Å². The molecular weight excluding hydrogens is 338 g/mol. The Bertz CT molecular complexity index is 856. The summed E-state index contributed by atoms with van der Waals surface area (Å²) in [5.74, 6) is 0.326. The number of ether oxygens (including phenoxy) is 1. The zero-order chi connectivity index (χ0) is 17.9. The molecule has 2 heterocycles. The zero-order valence-electron chi connectivity index (χ0n) is 13.9. The molecule has 1 saturated heterocycles. The second kappa shape index (κ2) is 7.17. The van der Waals surface area contributed by atoms with E-state index in [1.54, 1.807) is 4.57 Å². The summed E-state index contributed by atoms with van der Waals surface area (Å²) < 4.78 is 7.28. The van der Waals surface area contributed by atoms with Crippen molar-refractivity contribution in [1.29, 1.82) is 5.26 Å². The van der Waals surface area contributed by atoms with Crippen LogP contribution in [0.5, 0.6) is 0 Å². The summed E-state index contributed by atoms with van der Waals surface area (Å²) in [5, 5.41) is 19.3. The van der Waals surface area contributed by atoms with E-state index in [1.807, 2.05) is 31.2 Å². The van der Waals surface area contributed by atoms with E-state index >= 15 is 0 Å². The van der Waals surface area contributed by atoms with Gasteiger partial charge in [-0.25, -0.2) is 0 Å². The van der Waals surface area contributed by atoms with Gasteiger partial charge in [0.25, 0.3) is 0 Å². The first-order chi connectivity index (χ1) is 12.0. The van der Waals surface area contributed by atoms with Crippen molar-refractivity contribution in [1.82, 2.24) is 20.1 Å². The van der Waals surface area contributed by atoms with Crippen molar-refractivity contribution in [3.05, 3.63) is 34.6 Å². The van der Waals surface area contributed by atoms with Crippen LogP contribution in [-0.4, -0.2) is 39.4 Å². The molecule has 0 radical (unpaired) electrons. The highest BCUT2D eigenvalue weighted by atomic mass is 32.1. The highest BCUT2D eigenvalue weighted by Crippen LogP contribution is 2.21. The fourth-order valence-electron chi connectivity index (χ4n) is 2.82. The quantitative estimate of drug-likeness (QED) is 0.817. The van der Waals surface area contributed by atoms with Crippen LogP contribution < -0.4 is 5.32 Å². The van der Waals surface area contributed by atoms with Gasteiger partial charge in [0.05, 0.1) is 6.07 Å². The van der Waals surface area contributed by atoms with E-state index < -0.39 is 5.54 Å². The molecule has 0 unspecified atom stereocenters. The van der Waals surface area contributed by atoms with Crippen LogP contribution in [0.4, 0.5) is 0 Å². The minimum Gasteiger partial charge on any atom is -0.381 e. The van der Waals surface area contributed by atoms with Crippen molar-refractivity contribution in [2.75, 3.05) is 13.2 Å². The van der Waals surface area contributed by atoms with Gasteiger partial charge in [0.15, 0.2) is 10.6 Å². The Kier molecular flexibility index (Phi) is 4.97. The van der Waals surface area contributed by atoms with Crippen LogP contribution in [0.2, 0.25) is 0 Å². The van der Waals surface area contributed by atoms with Crippen LogP contribution in [0.25, 0.3) is 11.4 Å². The average molecular weight is 357 g/mol. The molecule has 1 aromatic carbocycles. The molecule has 8 heteroatoms. The van der Waals surface area contributed by atoms with Crippen LogP contribution >= 0.6 is 12.2 Å². The smallest absolute Gasteiger partial charge is 0.241 e. The van der Waals surface area contributed by atoms with Crippen molar-refractivity contribution in [3.8, 4) is 17.5 Å². The van der Waals surface area contributed by atoms with Crippen molar-refractivity contribution >= 4 is 18.1 Å². The third-order valence-electron chi connectivity index (χ3n) is 4.31. The van der Waals surface area contributed by atoms with Crippen LogP contribution in [0.15, 0.2) is 24.3 Å². The van der Waals surface area contributed by atoms with Crippen molar-refractivity contribution in [3.63, 3.8) is 0 Å². The number of aryl methyl sites for hydroxylation is 1. The molecule has 2 N–H and O–H groups in total.